The Hall–Kier alpha value is -0.990. The number of rotatable bonds is 1. The SMILES string of the molecule is C#CC(N)c1ccc(Br)c(C(F)(F)F)c1. The van der Waals surface area contributed by atoms with E-state index in [9.17, 15) is 13.2 Å². The van der Waals surface area contributed by atoms with E-state index in [1.165, 1.54) is 12.1 Å². The van der Waals surface area contributed by atoms with Crippen molar-refractivity contribution in [3.8, 4) is 12.3 Å². The smallest absolute Gasteiger partial charge is 0.314 e. The van der Waals surface area contributed by atoms with Gasteiger partial charge in [-0.2, -0.15) is 13.2 Å². The maximum absolute atomic E-state index is 12.5. The molecule has 0 spiro atoms. The summed E-state index contributed by atoms with van der Waals surface area (Å²) in [6, 6.07) is 2.88. The fraction of sp³-hybridized carbons (Fsp3) is 0.200. The first-order valence-corrected chi connectivity index (χ1v) is 4.74. The molecule has 0 aliphatic rings. The molecule has 0 bridgehead atoms. The second-order valence-corrected chi connectivity index (χ2v) is 3.74. The van der Waals surface area contributed by atoms with Crippen LogP contribution < -0.4 is 5.73 Å². The number of hydrogen-bond acceptors (Lipinski definition) is 1. The van der Waals surface area contributed by atoms with E-state index in [1.807, 2.05) is 0 Å². The lowest BCUT2D eigenvalue weighted by Crippen LogP contribution is -2.11. The standard InChI is InChI=1S/C10H7BrF3N/c1-2-9(15)6-3-4-8(11)7(5-6)10(12,13)14/h1,3-5,9H,15H2. The van der Waals surface area contributed by atoms with Crippen molar-refractivity contribution in [1.82, 2.24) is 0 Å². The molecule has 1 rings (SSSR count). The van der Waals surface area contributed by atoms with Gasteiger partial charge in [0.15, 0.2) is 0 Å². The first-order chi connectivity index (χ1) is 6.86. The van der Waals surface area contributed by atoms with Crippen molar-refractivity contribution < 1.29 is 13.2 Å². The zero-order chi connectivity index (χ0) is 11.6. The van der Waals surface area contributed by atoms with Crippen LogP contribution in [0.15, 0.2) is 22.7 Å². The highest BCUT2D eigenvalue weighted by molar-refractivity contribution is 9.10. The molecule has 15 heavy (non-hydrogen) atoms. The van der Waals surface area contributed by atoms with E-state index in [0.717, 1.165) is 6.07 Å². The van der Waals surface area contributed by atoms with Crippen LogP contribution in [0.1, 0.15) is 17.2 Å². The van der Waals surface area contributed by atoms with Gasteiger partial charge in [0, 0.05) is 4.47 Å². The molecule has 1 aromatic rings. The number of nitrogens with two attached hydrogens (primary N) is 1. The Morgan fingerprint density at radius 2 is 2.00 bits per heavy atom. The largest absolute Gasteiger partial charge is 0.417 e. The summed E-state index contributed by atoms with van der Waals surface area (Å²) in [6.45, 7) is 0. The molecule has 1 unspecified atom stereocenters. The molecule has 0 radical (unpaired) electrons. The molecule has 0 aliphatic carbocycles. The summed E-state index contributed by atoms with van der Waals surface area (Å²) in [5.41, 5.74) is 4.94. The van der Waals surface area contributed by atoms with Gasteiger partial charge in [0.25, 0.3) is 0 Å². The van der Waals surface area contributed by atoms with Crippen molar-refractivity contribution in [2.75, 3.05) is 0 Å². The number of terminal acetylenes is 1. The van der Waals surface area contributed by atoms with E-state index in [0.29, 0.717) is 0 Å². The van der Waals surface area contributed by atoms with Gasteiger partial charge in [-0.05, 0) is 17.7 Å². The van der Waals surface area contributed by atoms with E-state index in [4.69, 9.17) is 12.2 Å². The molecule has 0 amide bonds. The average Bonchev–Trinajstić information content (AvgIpc) is 2.15. The minimum Gasteiger partial charge on any atom is -0.314 e. The van der Waals surface area contributed by atoms with Crippen molar-refractivity contribution in [2.24, 2.45) is 5.73 Å². The molecule has 1 aromatic carbocycles. The lowest BCUT2D eigenvalue weighted by atomic mass is 10.1. The Balaban J connectivity index is 3.24. The lowest BCUT2D eigenvalue weighted by molar-refractivity contribution is -0.138. The van der Waals surface area contributed by atoms with Gasteiger partial charge in [0.05, 0.1) is 11.6 Å². The van der Waals surface area contributed by atoms with E-state index in [2.05, 4.69) is 21.9 Å². The predicted octanol–water partition coefficient (Wildman–Crippen LogP) is 3.10. The van der Waals surface area contributed by atoms with Crippen LogP contribution in [-0.4, -0.2) is 0 Å². The van der Waals surface area contributed by atoms with Crippen molar-refractivity contribution >= 4 is 15.9 Å². The lowest BCUT2D eigenvalue weighted by Gasteiger charge is -2.12. The summed E-state index contributed by atoms with van der Waals surface area (Å²) >= 11 is 2.82. The summed E-state index contributed by atoms with van der Waals surface area (Å²) in [7, 11) is 0. The van der Waals surface area contributed by atoms with E-state index in [-0.39, 0.29) is 10.0 Å². The first-order valence-electron chi connectivity index (χ1n) is 3.94. The van der Waals surface area contributed by atoms with Crippen molar-refractivity contribution in [1.29, 1.82) is 0 Å². The highest BCUT2D eigenvalue weighted by atomic mass is 79.9. The molecule has 0 heterocycles. The molecule has 2 N–H and O–H groups in total. The molecule has 5 heteroatoms. The van der Waals surface area contributed by atoms with Gasteiger partial charge < -0.3 is 5.73 Å². The maximum atomic E-state index is 12.5. The first kappa shape index (κ1) is 12.1. The summed E-state index contributed by atoms with van der Waals surface area (Å²) < 4.78 is 37.4. The zero-order valence-electron chi connectivity index (χ0n) is 7.48. The van der Waals surface area contributed by atoms with Gasteiger partial charge in [-0.3, -0.25) is 0 Å². The van der Waals surface area contributed by atoms with Crippen LogP contribution in [0, 0.1) is 12.3 Å². The number of benzene rings is 1. The third kappa shape index (κ3) is 2.74. The molecular formula is C10H7BrF3N. The third-order valence-corrected chi connectivity index (χ3v) is 2.53. The Morgan fingerprint density at radius 1 is 1.40 bits per heavy atom. The molecule has 0 saturated carbocycles. The number of alkyl halides is 3. The molecule has 0 fully saturated rings. The van der Waals surface area contributed by atoms with Crippen LogP contribution in [0.25, 0.3) is 0 Å². The topological polar surface area (TPSA) is 26.0 Å². The summed E-state index contributed by atoms with van der Waals surface area (Å²) in [6.07, 6.45) is 0.620. The highest BCUT2D eigenvalue weighted by Gasteiger charge is 2.33. The van der Waals surface area contributed by atoms with Gasteiger partial charge in [0.2, 0.25) is 0 Å². The summed E-state index contributed by atoms with van der Waals surface area (Å²) in [5, 5.41) is 0. The van der Waals surface area contributed by atoms with Gasteiger partial charge >= 0.3 is 6.18 Å². The van der Waals surface area contributed by atoms with Crippen molar-refractivity contribution in [3.05, 3.63) is 33.8 Å². The van der Waals surface area contributed by atoms with Crippen LogP contribution in [0.5, 0.6) is 0 Å². The molecule has 1 atom stereocenters. The van der Waals surface area contributed by atoms with Crippen LogP contribution in [0.4, 0.5) is 13.2 Å². The number of hydrogen-bond donors (Lipinski definition) is 1. The molecule has 0 aromatic heterocycles. The van der Waals surface area contributed by atoms with E-state index >= 15 is 0 Å². The minimum atomic E-state index is -4.41. The van der Waals surface area contributed by atoms with E-state index in [1.54, 1.807) is 0 Å². The van der Waals surface area contributed by atoms with Crippen LogP contribution in [-0.2, 0) is 6.18 Å². The second kappa shape index (κ2) is 4.25. The molecule has 0 saturated heterocycles. The average molecular weight is 278 g/mol. The Bertz CT molecular complexity index is 406. The zero-order valence-corrected chi connectivity index (χ0v) is 9.06. The fourth-order valence-corrected chi connectivity index (χ4v) is 1.52. The number of halogens is 4. The van der Waals surface area contributed by atoms with Gasteiger partial charge in [-0.1, -0.05) is 27.9 Å². The monoisotopic (exact) mass is 277 g/mol. The van der Waals surface area contributed by atoms with Gasteiger partial charge in [-0.25, -0.2) is 0 Å². The Kier molecular flexibility index (Phi) is 3.42. The Morgan fingerprint density at radius 3 is 2.47 bits per heavy atom. The molecule has 0 aliphatic heterocycles. The van der Waals surface area contributed by atoms with Gasteiger partial charge in [0.1, 0.15) is 0 Å². The summed E-state index contributed by atoms with van der Waals surface area (Å²) in [5.74, 6) is 2.17. The Labute approximate surface area is 93.6 Å². The summed E-state index contributed by atoms with van der Waals surface area (Å²) in [4.78, 5) is 0. The molecule has 80 valence electrons. The third-order valence-electron chi connectivity index (χ3n) is 1.83. The van der Waals surface area contributed by atoms with Crippen LogP contribution >= 0.6 is 15.9 Å². The second-order valence-electron chi connectivity index (χ2n) is 2.88. The maximum Gasteiger partial charge on any atom is 0.417 e. The van der Waals surface area contributed by atoms with Gasteiger partial charge in [-0.15, -0.1) is 6.42 Å². The normalized spacial score (nSPS) is 13.3. The van der Waals surface area contributed by atoms with Crippen LogP contribution in [0.2, 0.25) is 0 Å². The minimum absolute atomic E-state index is 0.0250. The fourth-order valence-electron chi connectivity index (χ4n) is 1.05. The predicted molar refractivity (Wildman–Crippen MR) is 54.9 cm³/mol. The van der Waals surface area contributed by atoms with Crippen molar-refractivity contribution in [3.63, 3.8) is 0 Å². The van der Waals surface area contributed by atoms with Crippen molar-refractivity contribution in [2.45, 2.75) is 12.2 Å². The molecule has 1 nitrogen and oxygen atoms in total. The highest BCUT2D eigenvalue weighted by Crippen LogP contribution is 2.35. The van der Waals surface area contributed by atoms with Crippen LogP contribution in [0.3, 0.4) is 0 Å². The molecular weight excluding hydrogens is 271 g/mol. The quantitative estimate of drug-likeness (QED) is 0.785. The van der Waals surface area contributed by atoms with E-state index < -0.39 is 17.8 Å².